The van der Waals surface area contributed by atoms with E-state index in [2.05, 4.69) is 30.8 Å². The summed E-state index contributed by atoms with van der Waals surface area (Å²) in [4.78, 5) is 8.76. The maximum atomic E-state index is 6.19. The van der Waals surface area contributed by atoms with Gasteiger partial charge in [-0.3, -0.25) is 5.10 Å². The number of halogens is 2. The Bertz CT molecular complexity index is 785. The average molecular weight is 323 g/mol. The zero-order chi connectivity index (χ0) is 14.8. The molecule has 1 aromatic carbocycles. The van der Waals surface area contributed by atoms with E-state index in [1.807, 2.05) is 19.1 Å². The molecule has 0 unspecified atom stereocenters. The third-order valence-corrected chi connectivity index (χ3v) is 3.67. The molecule has 0 spiro atoms. The van der Waals surface area contributed by atoms with Crippen LogP contribution in [0.3, 0.4) is 0 Å². The summed E-state index contributed by atoms with van der Waals surface area (Å²) in [6.45, 7) is 2.69. The number of anilines is 3. The summed E-state index contributed by atoms with van der Waals surface area (Å²) in [6.07, 6.45) is 1.66. The molecular weight excluding hydrogens is 311 g/mol. The van der Waals surface area contributed by atoms with Crippen molar-refractivity contribution in [2.24, 2.45) is 0 Å². The van der Waals surface area contributed by atoms with Crippen molar-refractivity contribution >= 4 is 51.7 Å². The lowest BCUT2D eigenvalue weighted by atomic mass is 10.3. The van der Waals surface area contributed by atoms with E-state index < -0.39 is 0 Å². The van der Waals surface area contributed by atoms with Gasteiger partial charge in [0.2, 0.25) is 5.95 Å². The van der Waals surface area contributed by atoms with Crippen LogP contribution in [0.15, 0.2) is 24.4 Å². The Hall–Kier alpha value is -2.05. The third kappa shape index (κ3) is 2.72. The highest BCUT2D eigenvalue weighted by Gasteiger charge is 2.11. The zero-order valence-electron chi connectivity index (χ0n) is 11.1. The van der Waals surface area contributed by atoms with Crippen molar-refractivity contribution in [3.63, 3.8) is 0 Å². The van der Waals surface area contributed by atoms with E-state index in [4.69, 9.17) is 23.2 Å². The molecule has 0 aliphatic heterocycles. The SMILES string of the molecule is CCNc1nc(Nc2cccc(Cl)c2Cl)c2cn[nH]c2n1. The van der Waals surface area contributed by atoms with Gasteiger partial charge in [-0.2, -0.15) is 15.1 Å². The van der Waals surface area contributed by atoms with Crippen LogP contribution in [0, 0.1) is 0 Å². The van der Waals surface area contributed by atoms with Crippen LogP contribution in [0.25, 0.3) is 11.0 Å². The van der Waals surface area contributed by atoms with E-state index in [0.29, 0.717) is 33.1 Å². The first kappa shape index (κ1) is 13.9. The molecule has 0 saturated carbocycles. The second kappa shape index (κ2) is 5.75. The maximum Gasteiger partial charge on any atom is 0.226 e. The Labute approximate surface area is 130 Å². The van der Waals surface area contributed by atoms with E-state index in [1.165, 1.54) is 0 Å². The smallest absolute Gasteiger partial charge is 0.226 e. The maximum absolute atomic E-state index is 6.19. The Morgan fingerprint density at radius 2 is 2.10 bits per heavy atom. The summed E-state index contributed by atoms with van der Waals surface area (Å²) in [5.74, 6) is 1.11. The van der Waals surface area contributed by atoms with Crippen LogP contribution < -0.4 is 10.6 Å². The number of hydrogen-bond acceptors (Lipinski definition) is 5. The molecule has 0 amide bonds. The van der Waals surface area contributed by atoms with E-state index in [-0.39, 0.29) is 0 Å². The number of aromatic amines is 1. The van der Waals surface area contributed by atoms with E-state index >= 15 is 0 Å². The molecule has 3 aromatic rings. The monoisotopic (exact) mass is 322 g/mol. The van der Waals surface area contributed by atoms with Crippen molar-refractivity contribution in [1.82, 2.24) is 20.2 Å². The van der Waals surface area contributed by atoms with Gasteiger partial charge in [-0.15, -0.1) is 0 Å². The summed E-state index contributed by atoms with van der Waals surface area (Å²) < 4.78 is 0. The van der Waals surface area contributed by atoms with Crippen molar-refractivity contribution < 1.29 is 0 Å². The number of nitrogens with one attached hydrogen (secondary N) is 3. The van der Waals surface area contributed by atoms with Gasteiger partial charge in [0.05, 0.1) is 27.3 Å². The molecule has 0 aliphatic rings. The fourth-order valence-electron chi connectivity index (χ4n) is 1.90. The lowest BCUT2D eigenvalue weighted by Gasteiger charge is -2.10. The molecule has 3 N–H and O–H groups in total. The first-order chi connectivity index (χ1) is 10.2. The van der Waals surface area contributed by atoms with Gasteiger partial charge < -0.3 is 10.6 Å². The van der Waals surface area contributed by atoms with Crippen LogP contribution in [-0.4, -0.2) is 26.7 Å². The normalized spacial score (nSPS) is 10.8. The molecule has 6 nitrogen and oxygen atoms in total. The van der Waals surface area contributed by atoms with Gasteiger partial charge in [0, 0.05) is 6.54 Å². The number of nitrogens with zero attached hydrogens (tertiary/aromatic N) is 3. The Morgan fingerprint density at radius 1 is 1.24 bits per heavy atom. The fourth-order valence-corrected chi connectivity index (χ4v) is 2.24. The zero-order valence-corrected chi connectivity index (χ0v) is 12.6. The second-order valence-corrected chi connectivity index (χ2v) is 5.07. The molecule has 3 rings (SSSR count). The predicted octanol–water partition coefficient (Wildman–Crippen LogP) is 3.84. The summed E-state index contributed by atoms with van der Waals surface area (Å²) in [5, 5.41) is 14.8. The highest BCUT2D eigenvalue weighted by Crippen LogP contribution is 2.33. The highest BCUT2D eigenvalue weighted by atomic mass is 35.5. The molecule has 2 aromatic heterocycles. The molecule has 0 bridgehead atoms. The molecule has 8 heteroatoms. The molecule has 0 saturated heterocycles. The number of hydrogen-bond donors (Lipinski definition) is 3. The first-order valence-corrected chi connectivity index (χ1v) is 7.10. The van der Waals surface area contributed by atoms with Crippen LogP contribution in [0.1, 0.15) is 6.92 Å². The standard InChI is InChI=1S/C13H12Cl2N6/c1-2-16-13-19-11(7-6-17-21-12(7)20-13)18-9-5-3-4-8(14)10(9)15/h3-6H,2H2,1H3,(H3,16,17,18,19,20,21). The van der Waals surface area contributed by atoms with Gasteiger partial charge >= 0.3 is 0 Å². The molecule has 108 valence electrons. The minimum atomic E-state index is 0.444. The van der Waals surface area contributed by atoms with E-state index in [1.54, 1.807) is 12.3 Å². The number of benzene rings is 1. The van der Waals surface area contributed by atoms with Gasteiger partial charge in [0.1, 0.15) is 5.82 Å². The fraction of sp³-hybridized carbons (Fsp3) is 0.154. The van der Waals surface area contributed by atoms with Crippen molar-refractivity contribution in [1.29, 1.82) is 0 Å². The number of H-pyrrole nitrogens is 1. The van der Waals surface area contributed by atoms with Crippen LogP contribution in [-0.2, 0) is 0 Å². The summed E-state index contributed by atoms with van der Waals surface area (Å²) in [5.41, 5.74) is 1.31. The molecule has 21 heavy (non-hydrogen) atoms. The number of aromatic nitrogens is 4. The topological polar surface area (TPSA) is 78.5 Å². The highest BCUT2D eigenvalue weighted by molar-refractivity contribution is 6.43. The van der Waals surface area contributed by atoms with Gasteiger partial charge in [-0.25, -0.2) is 0 Å². The van der Waals surface area contributed by atoms with Crippen LogP contribution in [0.4, 0.5) is 17.5 Å². The quantitative estimate of drug-likeness (QED) is 0.680. The lowest BCUT2D eigenvalue weighted by Crippen LogP contribution is -2.05. The number of fused-ring (bicyclic) bond motifs is 1. The van der Waals surface area contributed by atoms with Crippen molar-refractivity contribution in [2.75, 3.05) is 17.2 Å². The van der Waals surface area contributed by atoms with Crippen molar-refractivity contribution in [3.8, 4) is 0 Å². The summed E-state index contributed by atoms with van der Waals surface area (Å²) in [6, 6.07) is 5.37. The first-order valence-electron chi connectivity index (χ1n) is 6.35. The van der Waals surface area contributed by atoms with Crippen LogP contribution in [0.5, 0.6) is 0 Å². The van der Waals surface area contributed by atoms with Gasteiger partial charge in [-0.1, -0.05) is 29.3 Å². The Balaban J connectivity index is 2.06. The van der Waals surface area contributed by atoms with Gasteiger partial charge in [-0.05, 0) is 19.1 Å². The van der Waals surface area contributed by atoms with Gasteiger partial charge in [0.25, 0.3) is 0 Å². The number of rotatable bonds is 4. The van der Waals surface area contributed by atoms with Gasteiger partial charge in [0.15, 0.2) is 5.65 Å². The molecule has 0 aliphatic carbocycles. The molecular formula is C13H12Cl2N6. The molecule has 0 atom stereocenters. The lowest BCUT2D eigenvalue weighted by molar-refractivity contribution is 1.07. The molecule has 0 radical (unpaired) electrons. The molecule has 2 heterocycles. The summed E-state index contributed by atoms with van der Waals surface area (Å²) >= 11 is 12.2. The third-order valence-electron chi connectivity index (χ3n) is 2.85. The van der Waals surface area contributed by atoms with E-state index in [0.717, 1.165) is 11.9 Å². The Kier molecular flexibility index (Phi) is 3.81. The largest absolute Gasteiger partial charge is 0.354 e. The van der Waals surface area contributed by atoms with E-state index in [9.17, 15) is 0 Å². The van der Waals surface area contributed by atoms with Crippen molar-refractivity contribution in [2.45, 2.75) is 6.92 Å². The average Bonchev–Trinajstić information content (AvgIpc) is 2.93. The minimum Gasteiger partial charge on any atom is -0.354 e. The molecule has 0 fully saturated rings. The Morgan fingerprint density at radius 3 is 2.90 bits per heavy atom. The van der Waals surface area contributed by atoms with Crippen molar-refractivity contribution in [3.05, 3.63) is 34.4 Å². The summed E-state index contributed by atoms with van der Waals surface area (Å²) in [7, 11) is 0. The second-order valence-electron chi connectivity index (χ2n) is 4.28. The minimum absolute atomic E-state index is 0.444. The van der Waals surface area contributed by atoms with Crippen LogP contribution in [0.2, 0.25) is 10.0 Å². The van der Waals surface area contributed by atoms with Crippen LogP contribution >= 0.6 is 23.2 Å². The predicted molar refractivity (Wildman–Crippen MR) is 85.6 cm³/mol.